The molecule has 33 heavy (non-hydrogen) atoms. The number of aromatic nitrogens is 3. The van der Waals surface area contributed by atoms with Crippen LogP contribution in [0.1, 0.15) is 27.2 Å². The topological polar surface area (TPSA) is 106 Å². The molecule has 0 aliphatic heterocycles. The molecule has 0 saturated carbocycles. The number of ether oxygens (including phenoxy) is 1. The minimum absolute atomic E-state index is 0.241. The molecule has 0 unspecified atom stereocenters. The normalized spacial score (nSPS) is 12.1. The number of anilines is 1. The summed E-state index contributed by atoms with van der Waals surface area (Å²) in [6.45, 7) is 0.330. The SMILES string of the molecule is COC(=O)[C@@H](Cc1ccccn1)NCc1ccc(C(=O)Nc2ncc(C(F)(F)F)cn2)cc1. The van der Waals surface area contributed by atoms with Crippen LogP contribution in [0.3, 0.4) is 0 Å². The van der Waals surface area contributed by atoms with Crippen molar-refractivity contribution in [1.29, 1.82) is 0 Å². The van der Waals surface area contributed by atoms with Gasteiger partial charge in [0.1, 0.15) is 6.04 Å². The molecule has 2 heterocycles. The van der Waals surface area contributed by atoms with Crippen LogP contribution in [0.2, 0.25) is 0 Å². The summed E-state index contributed by atoms with van der Waals surface area (Å²) < 4.78 is 42.6. The Hall–Kier alpha value is -3.86. The summed E-state index contributed by atoms with van der Waals surface area (Å²) in [4.78, 5) is 35.6. The number of nitrogens with one attached hydrogen (secondary N) is 2. The number of rotatable bonds is 8. The maximum atomic E-state index is 12.6. The number of carbonyl (C=O) groups is 2. The minimum atomic E-state index is -4.56. The zero-order valence-corrected chi connectivity index (χ0v) is 17.5. The summed E-state index contributed by atoms with van der Waals surface area (Å²) in [7, 11) is 1.31. The van der Waals surface area contributed by atoms with Crippen molar-refractivity contribution < 1.29 is 27.5 Å². The van der Waals surface area contributed by atoms with E-state index >= 15 is 0 Å². The molecule has 0 bridgehead atoms. The molecule has 1 aromatic carbocycles. The van der Waals surface area contributed by atoms with E-state index in [1.54, 1.807) is 36.5 Å². The van der Waals surface area contributed by atoms with Crippen LogP contribution in [0, 0.1) is 0 Å². The fraction of sp³-hybridized carbons (Fsp3) is 0.227. The number of esters is 1. The predicted molar refractivity (Wildman–Crippen MR) is 112 cm³/mol. The predicted octanol–water partition coefficient (Wildman–Crippen LogP) is 3.02. The summed E-state index contributed by atoms with van der Waals surface area (Å²) in [6.07, 6.45) is -1.37. The highest BCUT2D eigenvalue weighted by Gasteiger charge is 2.31. The summed E-state index contributed by atoms with van der Waals surface area (Å²) in [5, 5.41) is 5.46. The van der Waals surface area contributed by atoms with Crippen LogP contribution in [0.25, 0.3) is 0 Å². The zero-order valence-electron chi connectivity index (χ0n) is 17.5. The monoisotopic (exact) mass is 459 g/mol. The van der Waals surface area contributed by atoms with E-state index in [0.29, 0.717) is 25.4 Å². The van der Waals surface area contributed by atoms with Gasteiger partial charge in [-0.3, -0.25) is 25.2 Å². The van der Waals surface area contributed by atoms with Gasteiger partial charge in [0.2, 0.25) is 5.95 Å². The van der Waals surface area contributed by atoms with Gasteiger partial charge >= 0.3 is 12.1 Å². The molecule has 1 amide bonds. The van der Waals surface area contributed by atoms with Crippen LogP contribution in [0.4, 0.5) is 19.1 Å². The minimum Gasteiger partial charge on any atom is -0.468 e. The first-order chi connectivity index (χ1) is 15.8. The van der Waals surface area contributed by atoms with Gasteiger partial charge in [-0.15, -0.1) is 0 Å². The smallest absolute Gasteiger partial charge is 0.419 e. The van der Waals surface area contributed by atoms with Crippen molar-refractivity contribution in [2.45, 2.75) is 25.2 Å². The van der Waals surface area contributed by atoms with Crippen molar-refractivity contribution >= 4 is 17.8 Å². The lowest BCUT2D eigenvalue weighted by Crippen LogP contribution is -2.39. The number of pyridine rings is 1. The Morgan fingerprint density at radius 3 is 2.30 bits per heavy atom. The second-order valence-corrected chi connectivity index (χ2v) is 6.93. The number of hydrogen-bond acceptors (Lipinski definition) is 7. The Morgan fingerprint density at radius 1 is 1.03 bits per heavy atom. The van der Waals surface area contributed by atoms with E-state index < -0.39 is 29.7 Å². The first-order valence-corrected chi connectivity index (χ1v) is 9.77. The third kappa shape index (κ3) is 6.81. The molecule has 0 fully saturated rings. The molecule has 0 radical (unpaired) electrons. The van der Waals surface area contributed by atoms with Crippen molar-refractivity contribution in [1.82, 2.24) is 20.3 Å². The van der Waals surface area contributed by atoms with Gasteiger partial charge in [-0.1, -0.05) is 18.2 Å². The van der Waals surface area contributed by atoms with Crippen LogP contribution in [0.15, 0.2) is 61.1 Å². The van der Waals surface area contributed by atoms with E-state index in [4.69, 9.17) is 4.74 Å². The van der Waals surface area contributed by atoms with E-state index in [1.807, 2.05) is 12.1 Å². The lowest BCUT2D eigenvalue weighted by molar-refractivity contribution is -0.143. The molecule has 2 aromatic heterocycles. The van der Waals surface area contributed by atoms with Crippen LogP contribution in [-0.4, -0.2) is 40.0 Å². The second kappa shape index (κ2) is 10.6. The molecule has 8 nitrogen and oxygen atoms in total. The average molecular weight is 459 g/mol. The summed E-state index contributed by atoms with van der Waals surface area (Å²) in [5.74, 6) is -1.24. The second-order valence-electron chi connectivity index (χ2n) is 6.93. The van der Waals surface area contributed by atoms with Crippen molar-refractivity contribution in [3.05, 3.63) is 83.4 Å². The van der Waals surface area contributed by atoms with Crippen molar-refractivity contribution in [2.24, 2.45) is 0 Å². The zero-order chi connectivity index (χ0) is 23.8. The number of hydrogen-bond donors (Lipinski definition) is 2. The molecule has 2 N–H and O–H groups in total. The molecular formula is C22H20F3N5O3. The number of benzene rings is 1. The van der Waals surface area contributed by atoms with Crippen LogP contribution in [-0.2, 0) is 28.7 Å². The number of carbonyl (C=O) groups excluding carboxylic acids is 2. The van der Waals surface area contributed by atoms with Gasteiger partial charge in [0.15, 0.2) is 0 Å². The van der Waals surface area contributed by atoms with E-state index in [1.165, 1.54) is 7.11 Å². The van der Waals surface area contributed by atoms with Crippen molar-refractivity contribution in [2.75, 3.05) is 12.4 Å². The number of halogens is 3. The third-order valence-electron chi connectivity index (χ3n) is 4.60. The number of nitrogens with zero attached hydrogens (tertiary/aromatic N) is 3. The van der Waals surface area contributed by atoms with Gasteiger partial charge < -0.3 is 4.74 Å². The van der Waals surface area contributed by atoms with Gasteiger partial charge in [-0.2, -0.15) is 13.2 Å². The van der Waals surface area contributed by atoms with Gasteiger partial charge in [0, 0.05) is 42.8 Å². The molecule has 3 aromatic rings. The Morgan fingerprint density at radius 2 is 1.73 bits per heavy atom. The quantitative estimate of drug-likeness (QED) is 0.499. The Balaban J connectivity index is 1.58. The molecule has 0 aliphatic carbocycles. The fourth-order valence-corrected chi connectivity index (χ4v) is 2.84. The van der Waals surface area contributed by atoms with Crippen LogP contribution in [0.5, 0.6) is 0 Å². The lowest BCUT2D eigenvalue weighted by atomic mass is 10.1. The number of amides is 1. The summed E-state index contributed by atoms with van der Waals surface area (Å²) in [6, 6.07) is 11.3. The molecule has 0 saturated heterocycles. The number of methoxy groups -OCH3 is 1. The highest BCUT2D eigenvalue weighted by atomic mass is 19.4. The highest BCUT2D eigenvalue weighted by molar-refractivity contribution is 6.03. The first kappa shape index (κ1) is 23.8. The molecule has 0 aliphatic rings. The number of alkyl halides is 3. The highest BCUT2D eigenvalue weighted by Crippen LogP contribution is 2.28. The van der Waals surface area contributed by atoms with Gasteiger partial charge in [0.25, 0.3) is 5.91 Å². The third-order valence-corrected chi connectivity index (χ3v) is 4.60. The molecular weight excluding hydrogens is 439 g/mol. The standard InChI is InChI=1S/C22H20F3N5O3/c1-33-20(32)18(10-17-4-2-3-9-26-17)27-11-14-5-7-15(8-6-14)19(31)30-21-28-12-16(13-29-21)22(23,24)25/h2-9,12-13,18,27H,10-11H2,1H3,(H,28,29,30,31)/t18-/m1/s1. The van der Waals surface area contributed by atoms with Crippen LogP contribution < -0.4 is 10.6 Å². The Labute approximate surface area is 187 Å². The molecule has 11 heteroatoms. The fourth-order valence-electron chi connectivity index (χ4n) is 2.84. The summed E-state index contributed by atoms with van der Waals surface area (Å²) in [5.41, 5.74) is 0.788. The summed E-state index contributed by atoms with van der Waals surface area (Å²) >= 11 is 0. The van der Waals surface area contributed by atoms with Crippen LogP contribution >= 0.6 is 0 Å². The molecule has 1 atom stereocenters. The first-order valence-electron chi connectivity index (χ1n) is 9.77. The van der Waals surface area contributed by atoms with E-state index in [2.05, 4.69) is 25.6 Å². The maximum Gasteiger partial charge on any atom is 0.419 e. The van der Waals surface area contributed by atoms with Gasteiger partial charge in [0.05, 0.1) is 12.7 Å². The van der Waals surface area contributed by atoms with Gasteiger partial charge in [-0.05, 0) is 29.8 Å². The molecule has 3 rings (SSSR count). The average Bonchev–Trinajstić information content (AvgIpc) is 2.82. The molecule has 0 spiro atoms. The maximum absolute atomic E-state index is 12.6. The van der Waals surface area contributed by atoms with E-state index in [0.717, 1.165) is 11.3 Å². The lowest BCUT2D eigenvalue weighted by Gasteiger charge is -2.16. The van der Waals surface area contributed by atoms with E-state index in [9.17, 15) is 22.8 Å². The Bertz CT molecular complexity index is 1080. The van der Waals surface area contributed by atoms with E-state index in [-0.39, 0.29) is 11.5 Å². The van der Waals surface area contributed by atoms with Crippen molar-refractivity contribution in [3.63, 3.8) is 0 Å². The Kier molecular flexibility index (Phi) is 7.67. The largest absolute Gasteiger partial charge is 0.468 e. The molecule has 172 valence electrons. The van der Waals surface area contributed by atoms with Crippen molar-refractivity contribution in [3.8, 4) is 0 Å². The van der Waals surface area contributed by atoms with Gasteiger partial charge in [-0.25, -0.2) is 9.97 Å².